The lowest BCUT2D eigenvalue weighted by molar-refractivity contribution is -0.285. The number of phosphoric ester groups is 1. The van der Waals surface area contributed by atoms with Crippen molar-refractivity contribution in [3.05, 3.63) is 0 Å². The summed E-state index contributed by atoms with van der Waals surface area (Å²) in [5.74, 6) is -4.13. The van der Waals surface area contributed by atoms with Crippen LogP contribution in [0.3, 0.4) is 0 Å². The van der Waals surface area contributed by atoms with Gasteiger partial charge in [-0.1, -0.05) is 465 Å². The van der Waals surface area contributed by atoms with Crippen molar-refractivity contribution in [2.75, 3.05) is 13.2 Å². The van der Waals surface area contributed by atoms with E-state index in [2.05, 4.69) is 52.2 Å². The summed E-state index contributed by atoms with van der Waals surface area (Å²) in [6, 6.07) is -2.97. The number of aliphatic hydroxyl groups excluding tert-OH is 4. The van der Waals surface area contributed by atoms with Crippen LogP contribution in [0.15, 0.2) is 0 Å². The molecule has 6 unspecified atom stereocenters. The Balaban J connectivity index is 2.73. The van der Waals surface area contributed by atoms with Crippen molar-refractivity contribution in [1.29, 1.82) is 0 Å². The van der Waals surface area contributed by atoms with Gasteiger partial charge in [0.05, 0.1) is 63.3 Å². The molecule has 2 heterocycles. The Hall–Kier alpha value is -3.35. The standard InChI is InChI=1S/C109H207N2O21P/c1-8-14-20-26-32-38-44-46-52-58-64-70-76-82-99(117)127-93(80-74-68-62-56-50-42-36-30-24-18-12-5)86-98(116)111-104-108(131-102(120)87-94(81-75-69-63-57-51-43-37-31-25-19-13-6)128-100(118)83-77-71-65-59-53-47-45-39-33-27-21-15-9-2)106(132-133(122,123)124)95(88-112)129-109(104)125-89-96-105(121)107(130-101(119)85-92(114)79-73-67-61-55-49-41-35-29-23-17-11-4)103(90(7)126-96)110-97(115)84-91(113)78-72-66-60-54-48-40-34-28-22-16-10-3/h90-96,103-109,112-114,121H,8-89H2,1-7H3,(H,110,115)(H,111,116)(H2,122,123,124)/t90-,91+,92+,93+,94+,95?,96?,103?,104?,105+,106+,107?,108?,109+/m0/s1. The molecule has 784 valence electrons. The maximum atomic E-state index is 15.3. The first-order valence-electron chi connectivity index (χ1n) is 56.3. The molecule has 0 aliphatic carbocycles. The number of aliphatic hydroxyl groups is 4. The Bertz CT molecular complexity index is 2770. The van der Waals surface area contributed by atoms with E-state index >= 15 is 9.59 Å². The van der Waals surface area contributed by atoms with E-state index in [-0.39, 0.29) is 19.3 Å². The molecule has 14 atom stereocenters. The second kappa shape index (κ2) is 87.6. The predicted octanol–water partition coefficient (Wildman–Crippen LogP) is 27.0. The second-order valence-electron chi connectivity index (χ2n) is 40.2. The molecule has 2 fully saturated rings. The number of amides is 2. The normalized spacial score (nSPS) is 19.6. The van der Waals surface area contributed by atoms with E-state index in [1.165, 1.54) is 244 Å². The highest BCUT2D eigenvalue weighted by molar-refractivity contribution is 7.46. The third-order valence-corrected chi connectivity index (χ3v) is 27.9. The molecular formula is C109H207N2O21P. The van der Waals surface area contributed by atoms with E-state index < -0.39 is 162 Å². The third kappa shape index (κ3) is 70.9. The van der Waals surface area contributed by atoms with E-state index in [4.69, 9.17) is 37.7 Å². The molecule has 8 N–H and O–H groups in total. The SMILES string of the molecule is CCCCCCCCCCCCCCCC(=O)O[C@H](CCCCCCCCCCCCC)CC(=O)NC1C(OC(=O)C[C@@H](CCCCCCCCCCCCC)OC(=O)CCCCCCCCCCCCCCC)[C@H](OP(=O)(O)O)C(CO)O[C@H]1OCC1O[C@@H](C)C(NC(=O)C[C@H](O)CCCCCCCCCCCCC)C(OC(=O)C[C@H](O)CCCCCCCCCCCCC)[C@@H]1O. The van der Waals surface area contributed by atoms with Gasteiger partial charge in [0.2, 0.25) is 11.8 Å². The number of esters is 4. The minimum atomic E-state index is -5.61. The van der Waals surface area contributed by atoms with Crippen LogP contribution in [0.2, 0.25) is 0 Å². The minimum absolute atomic E-state index is 0.128. The summed E-state index contributed by atoms with van der Waals surface area (Å²) >= 11 is 0. The van der Waals surface area contributed by atoms with Gasteiger partial charge in [-0.05, 0) is 58.3 Å². The van der Waals surface area contributed by atoms with Crippen LogP contribution in [0.1, 0.15) is 562 Å². The Morgan fingerprint density at radius 3 is 0.932 bits per heavy atom. The summed E-state index contributed by atoms with van der Waals surface area (Å²) in [6.07, 6.45) is 60.0. The van der Waals surface area contributed by atoms with Crippen LogP contribution in [0.5, 0.6) is 0 Å². The highest BCUT2D eigenvalue weighted by Crippen LogP contribution is 2.43. The van der Waals surface area contributed by atoms with E-state index in [1.807, 2.05) is 0 Å². The maximum Gasteiger partial charge on any atom is 0.470 e. The number of ether oxygens (including phenoxy) is 7. The molecular weight excluding hydrogens is 1700 g/mol. The fourth-order valence-electron chi connectivity index (χ4n) is 19.1. The van der Waals surface area contributed by atoms with Gasteiger partial charge in [-0.2, -0.15) is 0 Å². The summed E-state index contributed by atoms with van der Waals surface area (Å²) in [5, 5.41) is 52.3. The molecule has 2 aliphatic heterocycles. The number of rotatable bonds is 96. The van der Waals surface area contributed by atoms with Crippen LogP contribution in [0.25, 0.3) is 0 Å². The molecule has 2 amide bonds. The summed E-state index contributed by atoms with van der Waals surface area (Å²) in [7, 11) is -5.61. The van der Waals surface area contributed by atoms with Crippen LogP contribution < -0.4 is 10.6 Å². The molecule has 23 nitrogen and oxygen atoms in total. The molecule has 0 aromatic heterocycles. The molecule has 0 spiro atoms. The van der Waals surface area contributed by atoms with Crippen LogP contribution in [-0.2, 0) is 71.0 Å². The number of nitrogens with one attached hydrogen (secondary N) is 2. The number of carbonyl (C=O) groups is 6. The van der Waals surface area contributed by atoms with Gasteiger partial charge in [0.15, 0.2) is 18.5 Å². The lowest BCUT2D eigenvalue weighted by Gasteiger charge is -2.47. The largest absolute Gasteiger partial charge is 0.470 e. The molecule has 2 saturated heterocycles. The van der Waals surface area contributed by atoms with Crippen molar-refractivity contribution in [3.8, 4) is 0 Å². The smallest absolute Gasteiger partial charge is 0.462 e. The zero-order valence-electron chi connectivity index (χ0n) is 86.3. The fourth-order valence-corrected chi connectivity index (χ4v) is 19.7. The quantitative estimate of drug-likeness (QED) is 0.0121. The Kier molecular flexibility index (Phi) is 82.8. The lowest BCUT2D eigenvalue weighted by atomic mass is 9.92. The summed E-state index contributed by atoms with van der Waals surface area (Å²) in [6.45, 7) is 13.3. The first kappa shape index (κ1) is 126. The minimum Gasteiger partial charge on any atom is -0.462 e. The van der Waals surface area contributed by atoms with Gasteiger partial charge in [-0.25, -0.2) is 4.57 Å². The summed E-state index contributed by atoms with van der Waals surface area (Å²) < 4.78 is 63.3. The molecule has 0 bridgehead atoms. The Labute approximate surface area is 811 Å². The van der Waals surface area contributed by atoms with Crippen LogP contribution in [-0.4, -0.2) is 165 Å². The summed E-state index contributed by atoms with van der Waals surface area (Å²) in [5.41, 5.74) is 0. The van der Waals surface area contributed by atoms with Crippen molar-refractivity contribution in [2.45, 2.75) is 648 Å². The monoisotopic (exact) mass is 1910 g/mol. The van der Waals surface area contributed by atoms with Crippen LogP contribution in [0, 0.1) is 0 Å². The Morgan fingerprint density at radius 1 is 0.323 bits per heavy atom. The first-order valence-corrected chi connectivity index (χ1v) is 57.8. The van der Waals surface area contributed by atoms with Crippen molar-refractivity contribution < 1.29 is 101 Å². The van der Waals surface area contributed by atoms with E-state index in [0.717, 1.165) is 173 Å². The van der Waals surface area contributed by atoms with Crippen molar-refractivity contribution in [2.24, 2.45) is 0 Å². The predicted molar refractivity (Wildman–Crippen MR) is 538 cm³/mol. The van der Waals surface area contributed by atoms with Gasteiger partial charge in [-0.15, -0.1) is 0 Å². The van der Waals surface area contributed by atoms with Crippen LogP contribution >= 0.6 is 7.82 Å². The van der Waals surface area contributed by atoms with E-state index in [9.17, 15) is 54.0 Å². The van der Waals surface area contributed by atoms with Gasteiger partial charge in [0.1, 0.15) is 42.7 Å². The number of phosphoric acid groups is 1. The van der Waals surface area contributed by atoms with Gasteiger partial charge >= 0.3 is 31.7 Å². The van der Waals surface area contributed by atoms with Gasteiger partial charge in [0.25, 0.3) is 0 Å². The van der Waals surface area contributed by atoms with Crippen LogP contribution in [0.4, 0.5) is 0 Å². The number of unbranched alkanes of at least 4 members (excludes halogenated alkanes) is 64. The van der Waals surface area contributed by atoms with Gasteiger partial charge < -0.3 is 74.0 Å². The molecule has 2 aliphatic rings. The number of carbonyl (C=O) groups excluding carboxylic acids is 6. The first-order chi connectivity index (χ1) is 64.6. The molecule has 2 rings (SSSR count). The Morgan fingerprint density at radius 2 is 0.602 bits per heavy atom. The average molecular weight is 1910 g/mol. The zero-order valence-corrected chi connectivity index (χ0v) is 87.2. The molecule has 0 aromatic rings. The van der Waals surface area contributed by atoms with Crippen molar-refractivity contribution in [1.82, 2.24) is 10.6 Å². The molecule has 24 heteroatoms. The van der Waals surface area contributed by atoms with E-state index in [1.54, 1.807) is 6.92 Å². The van der Waals surface area contributed by atoms with Gasteiger partial charge in [-0.3, -0.25) is 33.3 Å². The average Bonchev–Trinajstić information content (AvgIpc) is 0.777. The van der Waals surface area contributed by atoms with E-state index in [0.29, 0.717) is 57.8 Å². The fraction of sp³-hybridized carbons (Fsp3) is 0.945. The maximum absolute atomic E-state index is 15.3. The highest BCUT2D eigenvalue weighted by Gasteiger charge is 2.54. The lowest BCUT2D eigenvalue weighted by Crippen LogP contribution is -2.67. The molecule has 0 aromatic carbocycles. The molecule has 0 radical (unpaired) electrons. The molecule has 133 heavy (non-hydrogen) atoms. The summed E-state index contributed by atoms with van der Waals surface area (Å²) in [4.78, 5) is 108. The third-order valence-electron chi connectivity index (χ3n) is 27.4. The van der Waals surface area contributed by atoms with Gasteiger partial charge in [0, 0.05) is 12.8 Å². The number of hydrogen-bond donors (Lipinski definition) is 8. The molecule has 0 saturated carbocycles. The van der Waals surface area contributed by atoms with Crippen molar-refractivity contribution >= 4 is 43.5 Å². The zero-order chi connectivity index (χ0) is 97.1. The highest BCUT2D eigenvalue weighted by atomic mass is 31.2. The van der Waals surface area contributed by atoms with Crippen molar-refractivity contribution in [3.63, 3.8) is 0 Å². The second-order valence-corrected chi connectivity index (χ2v) is 41.4. The number of hydrogen-bond acceptors (Lipinski definition) is 19. The topological polar surface area (TPSA) is 339 Å².